The number of esters is 1. The Balaban J connectivity index is 1.58. The van der Waals surface area contributed by atoms with Crippen LogP contribution in [0.2, 0.25) is 0 Å². The number of fused-ring (bicyclic) bond motifs is 1. The summed E-state index contributed by atoms with van der Waals surface area (Å²) < 4.78 is 36.6. The van der Waals surface area contributed by atoms with Crippen molar-refractivity contribution >= 4 is 22.7 Å². The molecule has 32 heavy (non-hydrogen) atoms. The number of aromatic nitrogens is 5. The molecular formula is C22H19F2N5O3. The highest BCUT2D eigenvalue weighted by Crippen LogP contribution is 2.23. The van der Waals surface area contributed by atoms with Crippen molar-refractivity contribution in [2.24, 2.45) is 7.05 Å². The van der Waals surface area contributed by atoms with Crippen molar-refractivity contribution in [1.29, 1.82) is 0 Å². The van der Waals surface area contributed by atoms with E-state index in [1.807, 2.05) is 0 Å². The van der Waals surface area contributed by atoms with Gasteiger partial charge in [0.1, 0.15) is 29.6 Å². The Hall–Kier alpha value is -3.95. The second kappa shape index (κ2) is 8.66. The molecule has 0 saturated carbocycles. The Morgan fingerprint density at radius 1 is 1.12 bits per heavy atom. The molecule has 4 rings (SSSR count). The number of aryl methyl sites for hydroxylation is 1. The van der Waals surface area contributed by atoms with Crippen LogP contribution in [0.15, 0.2) is 42.9 Å². The summed E-state index contributed by atoms with van der Waals surface area (Å²) in [5.41, 5.74) is 0.943. The zero-order valence-corrected chi connectivity index (χ0v) is 17.4. The van der Waals surface area contributed by atoms with Gasteiger partial charge in [-0.3, -0.25) is 19.0 Å². The monoisotopic (exact) mass is 439 g/mol. The molecule has 4 aromatic rings. The number of carbonyl (C=O) groups is 2. The number of benzene rings is 1. The van der Waals surface area contributed by atoms with Gasteiger partial charge in [0.2, 0.25) is 0 Å². The lowest BCUT2D eigenvalue weighted by Crippen LogP contribution is -2.13. The van der Waals surface area contributed by atoms with E-state index in [2.05, 4.69) is 15.2 Å². The Labute approximate surface area is 181 Å². The number of ether oxygens (including phenoxy) is 1. The van der Waals surface area contributed by atoms with Crippen molar-refractivity contribution in [2.75, 3.05) is 6.61 Å². The molecule has 0 saturated heterocycles. The molecule has 3 heterocycles. The van der Waals surface area contributed by atoms with E-state index in [0.717, 1.165) is 6.07 Å². The van der Waals surface area contributed by atoms with Gasteiger partial charge in [0, 0.05) is 42.9 Å². The molecule has 0 aliphatic carbocycles. The summed E-state index contributed by atoms with van der Waals surface area (Å²) in [6.07, 6.45) is 4.34. The van der Waals surface area contributed by atoms with Crippen LogP contribution in [0.4, 0.5) is 8.78 Å². The molecule has 0 radical (unpaired) electrons. The third-order valence-electron chi connectivity index (χ3n) is 4.78. The molecule has 0 spiro atoms. The van der Waals surface area contributed by atoms with Crippen LogP contribution >= 0.6 is 0 Å². The van der Waals surface area contributed by atoms with Crippen LogP contribution in [0.25, 0.3) is 22.2 Å². The Morgan fingerprint density at radius 3 is 2.66 bits per heavy atom. The van der Waals surface area contributed by atoms with Gasteiger partial charge in [-0.05, 0) is 30.7 Å². The van der Waals surface area contributed by atoms with Gasteiger partial charge >= 0.3 is 5.97 Å². The Morgan fingerprint density at radius 2 is 1.94 bits per heavy atom. The van der Waals surface area contributed by atoms with Gasteiger partial charge in [-0.25, -0.2) is 13.8 Å². The second-order valence-corrected chi connectivity index (χ2v) is 7.16. The highest BCUT2D eigenvalue weighted by Gasteiger charge is 2.18. The lowest BCUT2D eigenvalue weighted by Gasteiger charge is -2.05. The second-order valence-electron chi connectivity index (χ2n) is 7.16. The van der Waals surface area contributed by atoms with Gasteiger partial charge in [0.05, 0.1) is 18.3 Å². The quantitative estimate of drug-likeness (QED) is 0.325. The summed E-state index contributed by atoms with van der Waals surface area (Å²) in [7, 11) is 1.68. The number of pyridine rings is 1. The highest BCUT2D eigenvalue weighted by atomic mass is 19.1. The maximum absolute atomic E-state index is 14.6. The third-order valence-corrected chi connectivity index (χ3v) is 4.78. The van der Waals surface area contributed by atoms with Crippen molar-refractivity contribution in [3.8, 4) is 11.3 Å². The van der Waals surface area contributed by atoms with E-state index in [1.54, 1.807) is 26.4 Å². The van der Waals surface area contributed by atoms with E-state index in [-0.39, 0.29) is 36.5 Å². The molecule has 8 nitrogen and oxygen atoms in total. The van der Waals surface area contributed by atoms with E-state index < -0.39 is 23.4 Å². The molecule has 0 bridgehead atoms. The minimum Gasteiger partial charge on any atom is -0.465 e. The summed E-state index contributed by atoms with van der Waals surface area (Å²) in [6.45, 7) is 1.85. The summed E-state index contributed by atoms with van der Waals surface area (Å²) >= 11 is 0. The van der Waals surface area contributed by atoms with Crippen LogP contribution in [0.3, 0.4) is 0 Å². The van der Waals surface area contributed by atoms with Crippen molar-refractivity contribution < 1.29 is 23.1 Å². The molecule has 0 N–H and O–H groups in total. The molecule has 0 aliphatic rings. The SMILES string of the molecule is CCOC(=O)Cn1cc2cc(CC(=O)c3ccc(F)c(-c4cnn(C)c4)n3)c(F)cc2n1. The standard InChI is InChI=1S/C22H19F2N5O3/c1-3-32-21(31)12-29-11-14-6-13(17(24)8-19(14)27-29)7-20(30)18-5-4-16(23)22(26-18)15-9-25-28(2)10-15/h4-6,8-11H,3,7,12H2,1-2H3. The lowest BCUT2D eigenvalue weighted by atomic mass is 10.0. The van der Waals surface area contributed by atoms with Crippen LogP contribution in [0.5, 0.6) is 0 Å². The molecule has 0 atom stereocenters. The smallest absolute Gasteiger partial charge is 0.327 e. The van der Waals surface area contributed by atoms with Crippen LogP contribution in [0, 0.1) is 11.6 Å². The number of hydrogen-bond donors (Lipinski definition) is 0. The van der Waals surface area contributed by atoms with Gasteiger partial charge in [0.15, 0.2) is 5.78 Å². The summed E-state index contributed by atoms with van der Waals surface area (Å²) in [4.78, 5) is 28.5. The molecule has 164 valence electrons. The number of halogens is 2. The summed E-state index contributed by atoms with van der Waals surface area (Å²) in [5.74, 6) is -2.12. The van der Waals surface area contributed by atoms with Gasteiger partial charge in [-0.2, -0.15) is 10.2 Å². The Bertz CT molecular complexity index is 1330. The van der Waals surface area contributed by atoms with Crippen molar-refractivity contribution in [2.45, 2.75) is 19.9 Å². The summed E-state index contributed by atoms with van der Waals surface area (Å²) in [6, 6.07) is 5.13. The number of carbonyl (C=O) groups excluding carboxylic acids is 2. The molecule has 0 unspecified atom stereocenters. The number of nitrogens with zero attached hydrogens (tertiary/aromatic N) is 5. The largest absolute Gasteiger partial charge is 0.465 e. The van der Waals surface area contributed by atoms with Crippen LogP contribution < -0.4 is 0 Å². The van der Waals surface area contributed by atoms with E-state index in [0.29, 0.717) is 16.5 Å². The van der Waals surface area contributed by atoms with Crippen molar-refractivity contribution in [3.63, 3.8) is 0 Å². The minimum atomic E-state index is -0.609. The first-order valence-corrected chi connectivity index (χ1v) is 9.84. The molecule has 1 aromatic carbocycles. The van der Waals surface area contributed by atoms with E-state index in [4.69, 9.17) is 4.74 Å². The van der Waals surface area contributed by atoms with Crippen molar-refractivity contribution in [3.05, 3.63) is 65.7 Å². The van der Waals surface area contributed by atoms with E-state index in [9.17, 15) is 18.4 Å². The normalized spacial score (nSPS) is 11.1. The van der Waals surface area contributed by atoms with Crippen molar-refractivity contribution in [1.82, 2.24) is 24.5 Å². The summed E-state index contributed by atoms with van der Waals surface area (Å²) in [5, 5.41) is 8.72. The fourth-order valence-corrected chi connectivity index (χ4v) is 3.31. The van der Waals surface area contributed by atoms with Gasteiger partial charge in [-0.15, -0.1) is 0 Å². The number of Topliss-reactive ketones (excluding diaryl/α,β-unsaturated/α-hetero) is 1. The first-order valence-electron chi connectivity index (χ1n) is 9.84. The van der Waals surface area contributed by atoms with E-state index >= 15 is 0 Å². The molecule has 0 fully saturated rings. The van der Waals surface area contributed by atoms with Gasteiger partial charge < -0.3 is 4.74 Å². The minimum absolute atomic E-state index is 0.000107. The zero-order valence-electron chi connectivity index (χ0n) is 17.4. The first kappa shape index (κ1) is 21.3. The number of hydrogen-bond acceptors (Lipinski definition) is 6. The molecule has 0 aliphatic heterocycles. The number of rotatable bonds is 7. The van der Waals surface area contributed by atoms with Gasteiger partial charge in [0.25, 0.3) is 0 Å². The average molecular weight is 439 g/mol. The Kier molecular flexibility index (Phi) is 5.76. The molecular weight excluding hydrogens is 420 g/mol. The highest BCUT2D eigenvalue weighted by molar-refractivity contribution is 5.96. The predicted octanol–water partition coefficient (Wildman–Crippen LogP) is 3.10. The predicted molar refractivity (Wildman–Crippen MR) is 111 cm³/mol. The fourth-order valence-electron chi connectivity index (χ4n) is 3.31. The number of ketones is 1. The zero-order chi connectivity index (χ0) is 22.8. The maximum atomic E-state index is 14.6. The molecule has 10 heteroatoms. The van der Waals surface area contributed by atoms with Crippen LogP contribution in [-0.2, 0) is 29.5 Å². The van der Waals surface area contributed by atoms with Gasteiger partial charge in [-0.1, -0.05) is 0 Å². The average Bonchev–Trinajstić information content (AvgIpc) is 3.34. The van der Waals surface area contributed by atoms with Crippen LogP contribution in [-0.4, -0.2) is 42.9 Å². The maximum Gasteiger partial charge on any atom is 0.327 e. The third kappa shape index (κ3) is 4.39. The van der Waals surface area contributed by atoms with Crippen LogP contribution in [0.1, 0.15) is 23.0 Å². The first-order chi connectivity index (χ1) is 15.3. The molecule has 3 aromatic heterocycles. The topological polar surface area (TPSA) is 91.9 Å². The lowest BCUT2D eigenvalue weighted by molar-refractivity contribution is -0.144. The fraction of sp³-hybridized carbons (Fsp3) is 0.227. The molecule has 0 amide bonds. The van der Waals surface area contributed by atoms with E-state index in [1.165, 1.54) is 33.8 Å².